The molecule has 0 saturated carbocycles. The van der Waals surface area contributed by atoms with Crippen LogP contribution >= 0.6 is 11.3 Å². The first-order valence-corrected chi connectivity index (χ1v) is 9.81. The van der Waals surface area contributed by atoms with Gasteiger partial charge in [-0.25, -0.2) is 0 Å². The molecule has 1 atom stereocenters. The molecule has 142 valence electrons. The standard InChI is InChI=1S/C20H22N2O4S/c1-14-12-18(23)21-16-8-2-3-9-17(16)22(14)19(24)13-26-20(25)10-4-6-15-7-5-11-27-15/h2-3,5,7-9,11,14H,4,6,10,12-13H2,1H3,(H,21,23)/t14-/m0/s1. The fraction of sp³-hybridized carbons (Fsp3) is 0.350. The first-order chi connectivity index (χ1) is 13.0. The number of aryl methyl sites for hydroxylation is 1. The molecule has 0 fully saturated rings. The SMILES string of the molecule is C[C@H]1CC(=O)Nc2ccccc2N1C(=O)COC(=O)CCCc1cccs1. The van der Waals surface area contributed by atoms with Crippen molar-refractivity contribution in [2.75, 3.05) is 16.8 Å². The molecule has 0 aliphatic carbocycles. The third-order valence-electron chi connectivity index (χ3n) is 4.37. The molecule has 1 aromatic carbocycles. The van der Waals surface area contributed by atoms with E-state index in [0.717, 1.165) is 6.42 Å². The van der Waals surface area contributed by atoms with Crippen LogP contribution in [0.15, 0.2) is 41.8 Å². The molecular formula is C20H22N2O4S. The largest absolute Gasteiger partial charge is 0.456 e. The minimum Gasteiger partial charge on any atom is -0.456 e. The number of nitrogens with zero attached hydrogens (tertiary/aromatic N) is 1. The van der Waals surface area contributed by atoms with Crippen LogP contribution in [0, 0.1) is 0 Å². The van der Waals surface area contributed by atoms with E-state index in [4.69, 9.17) is 4.74 Å². The maximum absolute atomic E-state index is 12.7. The van der Waals surface area contributed by atoms with Gasteiger partial charge in [0.25, 0.3) is 5.91 Å². The van der Waals surface area contributed by atoms with Gasteiger partial charge < -0.3 is 15.0 Å². The van der Waals surface area contributed by atoms with Gasteiger partial charge in [-0.2, -0.15) is 0 Å². The van der Waals surface area contributed by atoms with Crippen molar-refractivity contribution in [1.82, 2.24) is 0 Å². The predicted octanol–water partition coefficient (Wildman–Crippen LogP) is 3.38. The number of amides is 2. The van der Waals surface area contributed by atoms with Crippen LogP contribution < -0.4 is 10.2 Å². The number of carbonyl (C=O) groups is 3. The zero-order valence-corrected chi connectivity index (χ0v) is 16.0. The lowest BCUT2D eigenvalue weighted by Gasteiger charge is -2.27. The van der Waals surface area contributed by atoms with Gasteiger partial charge in [-0.1, -0.05) is 18.2 Å². The summed E-state index contributed by atoms with van der Waals surface area (Å²) in [7, 11) is 0. The normalized spacial score (nSPS) is 16.3. The van der Waals surface area contributed by atoms with Crippen LogP contribution in [-0.4, -0.2) is 30.4 Å². The Balaban J connectivity index is 1.56. The lowest BCUT2D eigenvalue weighted by atomic mass is 10.1. The maximum Gasteiger partial charge on any atom is 0.306 e. The molecule has 3 rings (SSSR count). The van der Waals surface area contributed by atoms with Gasteiger partial charge >= 0.3 is 5.97 Å². The maximum atomic E-state index is 12.7. The van der Waals surface area contributed by atoms with Gasteiger partial charge in [-0.3, -0.25) is 14.4 Å². The van der Waals surface area contributed by atoms with Crippen LogP contribution in [0.2, 0.25) is 0 Å². The van der Waals surface area contributed by atoms with E-state index in [0.29, 0.717) is 17.8 Å². The molecule has 0 unspecified atom stereocenters. The van der Waals surface area contributed by atoms with E-state index >= 15 is 0 Å². The van der Waals surface area contributed by atoms with Gasteiger partial charge in [0.1, 0.15) is 0 Å². The van der Waals surface area contributed by atoms with Crippen molar-refractivity contribution in [2.45, 2.75) is 38.6 Å². The van der Waals surface area contributed by atoms with E-state index in [1.165, 1.54) is 9.78 Å². The Morgan fingerprint density at radius 3 is 2.85 bits per heavy atom. The summed E-state index contributed by atoms with van der Waals surface area (Å²) >= 11 is 1.66. The topological polar surface area (TPSA) is 75.7 Å². The van der Waals surface area contributed by atoms with Crippen LogP contribution in [-0.2, 0) is 25.5 Å². The monoisotopic (exact) mass is 386 g/mol. The Kier molecular flexibility index (Phi) is 6.24. The van der Waals surface area contributed by atoms with Crippen molar-refractivity contribution in [3.63, 3.8) is 0 Å². The van der Waals surface area contributed by atoms with E-state index in [1.807, 2.05) is 24.4 Å². The van der Waals surface area contributed by atoms with Crippen LogP contribution in [0.4, 0.5) is 11.4 Å². The van der Waals surface area contributed by atoms with E-state index in [1.54, 1.807) is 35.6 Å². The number of nitrogens with one attached hydrogen (secondary N) is 1. The highest BCUT2D eigenvalue weighted by Gasteiger charge is 2.29. The number of ether oxygens (including phenoxy) is 1. The second-order valence-electron chi connectivity index (χ2n) is 6.48. The Morgan fingerprint density at radius 2 is 2.07 bits per heavy atom. The minimum absolute atomic E-state index is 0.143. The first kappa shape index (κ1) is 19.1. The highest BCUT2D eigenvalue weighted by atomic mass is 32.1. The zero-order valence-electron chi connectivity index (χ0n) is 15.1. The van der Waals surface area contributed by atoms with E-state index < -0.39 is 0 Å². The molecular weight excluding hydrogens is 364 g/mol. The molecule has 1 aliphatic rings. The smallest absolute Gasteiger partial charge is 0.306 e. The van der Waals surface area contributed by atoms with Crippen LogP contribution in [0.25, 0.3) is 0 Å². The number of para-hydroxylation sites is 2. The summed E-state index contributed by atoms with van der Waals surface area (Å²) in [4.78, 5) is 39.4. The summed E-state index contributed by atoms with van der Waals surface area (Å²) in [5, 5.41) is 4.81. The summed E-state index contributed by atoms with van der Waals surface area (Å²) in [5.74, 6) is -0.862. The molecule has 1 N–H and O–H groups in total. The molecule has 2 aromatic rings. The highest BCUT2D eigenvalue weighted by molar-refractivity contribution is 7.09. The van der Waals surface area contributed by atoms with Gasteiger partial charge in [-0.15, -0.1) is 11.3 Å². The van der Waals surface area contributed by atoms with Crippen molar-refractivity contribution >= 4 is 40.5 Å². The lowest BCUT2D eigenvalue weighted by Crippen LogP contribution is -2.41. The number of hydrogen-bond acceptors (Lipinski definition) is 5. The van der Waals surface area contributed by atoms with Crippen molar-refractivity contribution in [2.24, 2.45) is 0 Å². The molecule has 6 nitrogen and oxygen atoms in total. The Morgan fingerprint density at radius 1 is 1.26 bits per heavy atom. The van der Waals surface area contributed by atoms with E-state index in [9.17, 15) is 14.4 Å². The number of thiophene rings is 1. The Hall–Kier alpha value is -2.67. The molecule has 1 aromatic heterocycles. The van der Waals surface area contributed by atoms with Crippen molar-refractivity contribution < 1.29 is 19.1 Å². The summed E-state index contributed by atoms with van der Waals surface area (Å²) in [6.45, 7) is 1.48. The molecule has 0 saturated heterocycles. The zero-order chi connectivity index (χ0) is 19.2. The van der Waals surface area contributed by atoms with Crippen molar-refractivity contribution in [1.29, 1.82) is 0 Å². The van der Waals surface area contributed by atoms with Gasteiger partial charge in [0.2, 0.25) is 5.91 Å². The van der Waals surface area contributed by atoms with Gasteiger partial charge in [-0.05, 0) is 43.3 Å². The molecule has 0 bridgehead atoms. The average Bonchev–Trinajstić information content (AvgIpc) is 3.10. The van der Waals surface area contributed by atoms with Crippen molar-refractivity contribution in [3.05, 3.63) is 46.7 Å². The number of fused-ring (bicyclic) bond motifs is 1. The number of hydrogen-bond donors (Lipinski definition) is 1. The highest BCUT2D eigenvalue weighted by Crippen LogP contribution is 2.31. The molecule has 27 heavy (non-hydrogen) atoms. The third kappa shape index (κ3) is 4.95. The first-order valence-electron chi connectivity index (χ1n) is 8.93. The second kappa shape index (κ2) is 8.81. The molecule has 7 heteroatoms. The van der Waals surface area contributed by atoms with Crippen LogP contribution in [0.3, 0.4) is 0 Å². The summed E-state index contributed by atoms with van der Waals surface area (Å²) < 4.78 is 5.18. The van der Waals surface area contributed by atoms with Gasteiger partial charge in [0, 0.05) is 23.8 Å². The Labute approximate surface area is 162 Å². The third-order valence-corrected chi connectivity index (χ3v) is 5.30. The summed E-state index contributed by atoms with van der Waals surface area (Å²) in [6, 6.07) is 10.8. The molecule has 0 spiro atoms. The van der Waals surface area contributed by atoms with E-state index in [-0.39, 0.29) is 43.3 Å². The number of rotatable bonds is 6. The lowest BCUT2D eigenvalue weighted by molar-refractivity contribution is -0.148. The van der Waals surface area contributed by atoms with Gasteiger partial charge in [0.05, 0.1) is 11.4 Å². The summed E-state index contributed by atoms with van der Waals surface area (Å²) in [5.41, 5.74) is 1.21. The number of esters is 1. The number of anilines is 2. The average molecular weight is 386 g/mol. The Bertz CT molecular complexity index is 819. The number of benzene rings is 1. The second-order valence-corrected chi connectivity index (χ2v) is 7.51. The van der Waals surface area contributed by atoms with Crippen molar-refractivity contribution in [3.8, 4) is 0 Å². The number of carbonyl (C=O) groups excluding carboxylic acids is 3. The predicted molar refractivity (Wildman–Crippen MR) is 105 cm³/mol. The van der Waals surface area contributed by atoms with Crippen LogP contribution in [0.5, 0.6) is 0 Å². The van der Waals surface area contributed by atoms with E-state index in [2.05, 4.69) is 5.32 Å². The summed E-state index contributed by atoms with van der Waals surface area (Å²) in [6.07, 6.45) is 1.98. The fourth-order valence-electron chi connectivity index (χ4n) is 3.11. The molecule has 2 heterocycles. The minimum atomic E-state index is -0.384. The fourth-order valence-corrected chi connectivity index (χ4v) is 3.86. The van der Waals surface area contributed by atoms with Gasteiger partial charge in [0.15, 0.2) is 6.61 Å². The molecule has 0 radical (unpaired) electrons. The molecule has 1 aliphatic heterocycles. The van der Waals surface area contributed by atoms with Crippen LogP contribution in [0.1, 0.15) is 31.1 Å². The molecule has 2 amide bonds. The quantitative estimate of drug-likeness (QED) is 0.772.